The predicted octanol–water partition coefficient (Wildman–Crippen LogP) is 3.73. The molecular weight excluding hydrogens is 316 g/mol. The molecular formula is C16H19BrN2O. The quantitative estimate of drug-likeness (QED) is 0.664. The van der Waals surface area contributed by atoms with Gasteiger partial charge in [0.1, 0.15) is 0 Å². The molecule has 0 bridgehead atoms. The van der Waals surface area contributed by atoms with E-state index in [1.165, 1.54) is 25.7 Å². The van der Waals surface area contributed by atoms with Gasteiger partial charge in [-0.05, 0) is 41.9 Å². The van der Waals surface area contributed by atoms with Gasteiger partial charge in [0.2, 0.25) is 5.91 Å². The normalized spacial score (nSPS) is 31.9. The molecule has 20 heavy (non-hydrogen) atoms. The Bertz CT molecular complexity index is 540. The van der Waals surface area contributed by atoms with Crippen LogP contribution in [0.25, 0.3) is 0 Å². The van der Waals surface area contributed by atoms with Gasteiger partial charge in [-0.25, -0.2) is 5.43 Å². The van der Waals surface area contributed by atoms with Gasteiger partial charge in [-0.3, -0.25) is 4.79 Å². The molecule has 3 atom stereocenters. The molecule has 0 spiro atoms. The number of nitrogens with one attached hydrogen (secondary N) is 1. The van der Waals surface area contributed by atoms with Crippen LogP contribution in [0.5, 0.6) is 0 Å². The van der Waals surface area contributed by atoms with Crippen LogP contribution in [-0.4, -0.2) is 12.1 Å². The molecule has 0 radical (unpaired) electrons. The molecule has 0 aliphatic heterocycles. The summed E-state index contributed by atoms with van der Waals surface area (Å²) < 4.78 is 1.04. The van der Waals surface area contributed by atoms with Crippen LogP contribution >= 0.6 is 15.9 Å². The second kappa shape index (κ2) is 5.32. The molecule has 2 aliphatic carbocycles. The van der Waals surface area contributed by atoms with Crippen LogP contribution in [0.1, 0.15) is 38.2 Å². The molecule has 1 aromatic rings. The second-order valence-corrected chi connectivity index (χ2v) is 7.04. The van der Waals surface area contributed by atoms with Gasteiger partial charge in [0.25, 0.3) is 0 Å². The Morgan fingerprint density at radius 3 is 2.80 bits per heavy atom. The van der Waals surface area contributed by atoms with E-state index in [4.69, 9.17) is 0 Å². The number of fused-ring (bicyclic) bond motifs is 1. The minimum Gasteiger partial charge on any atom is -0.273 e. The predicted molar refractivity (Wildman–Crippen MR) is 83.4 cm³/mol. The summed E-state index contributed by atoms with van der Waals surface area (Å²) in [6.07, 6.45) is 6.61. The van der Waals surface area contributed by atoms with Crippen molar-refractivity contribution < 1.29 is 4.79 Å². The average Bonchev–Trinajstić information content (AvgIpc) is 3.06. The molecule has 1 aromatic carbocycles. The van der Waals surface area contributed by atoms with E-state index in [9.17, 15) is 4.79 Å². The number of benzene rings is 1. The molecule has 0 heterocycles. The Kier molecular flexibility index (Phi) is 3.67. The van der Waals surface area contributed by atoms with Gasteiger partial charge in [-0.2, -0.15) is 5.10 Å². The highest BCUT2D eigenvalue weighted by atomic mass is 79.9. The summed E-state index contributed by atoms with van der Waals surface area (Å²) in [5.41, 5.74) is 3.93. The fourth-order valence-electron chi connectivity index (χ4n) is 3.64. The molecule has 2 fully saturated rings. The number of carbonyl (C=O) groups is 1. The van der Waals surface area contributed by atoms with Crippen molar-refractivity contribution in [1.82, 2.24) is 5.43 Å². The molecule has 2 aliphatic rings. The lowest BCUT2D eigenvalue weighted by Gasteiger charge is -2.15. The summed E-state index contributed by atoms with van der Waals surface area (Å²) in [7, 11) is 0. The number of carbonyl (C=O) groups excluding carboxylic acids is 1. The standard InChI is InChI=1S/C16H19BrN2O/c1-16-9-3-2-4-13(16)14(16)15(20)19-18-10-11-5-7-12(17)8-6-11/h5-8,10,13-14H,2-4,9H2,1H3,(H,19,20)/b18-10-/t13-,14-,16-/m1/s1. The van der Waals surface area contributed by atoms with Crippen LogP contribution in [0.15, 0.2) is 33.8 Å². The number of amides is 1. The van der Waals surface area contributed by atoms with Gasteiger partial charge in [0.05, 0.1) is 6.21 Å². The van der Waals surface area contributed by atoms with Gasteiger partial charge in [0, 0.05) is 10.4 Å². The third-order valence-corrected chi connectivity index (χ3v) is 5.40. The first kappa shape index (κ1) is 13.8. The molecule has 0 saturated heterocycles. The minimum atomic E-state index is 0.0905. The summed E-state index contributed by atoms with van der Waals surface area (Å²) >= 11 is 3.39. The van der Waals surface area contributed by atoms with Crippen LogP contribution in [0.4, 0.5) is 0 Å². The second-order valence-electron chi connectivity index (χ2n) is 6.12. The van der Waals surface area contributed by atoms with Crippen LogP contribution in [-0.2, 0) is 4.79 Å². The molecule has 2 saturated carbocycles. The zero-order valence-electron chi connectivity index (χ0n) is 11.6. The Balaban J connectivity index is 1.56. The van der Waals surface area contributed by atoms with Crippen molar-refractivity contribution in [1.29, 1.82) is 0 Å². The number of hydrogen-bond acceptors (Lipinski definition) is 2. The monoisotopic (exact) mass is 334 g/mol. The molecule has 3 nitrogen and oxygen atoms in total. The fourth-order valence-corrected chi connectivity index (χ4v) is 3.90. The van der Waals surface area contributed by atoms with Crippen molar-refractivity contribution >= 4 is 28.1 Å². The lowest BCUT2D eigenvalue weighted by Crippen LogP contribution is -2.22. The Morgan fingerprint density at radius 1 is 1.40 bits per heavy atom. The van der Waals surface area contributed by atoms with E-state index in [1.54, 1.807) is 6.21 Å². The third-order valence-electron chi connectivity index (χ3n) is 4.87. The van der Waals surface area contributed by atoms with Crippen molar-refractivity contribution in [2.24, 2.45) is 22.4 Å². The average molecular weight is 335 g/mol. The van der Waals surface area contributed by atoms with Gasteiger partial charge in [-0.1, -0.05) is 47.8 Å². The van der Waals surface area contributed by atoms with Crippen molar-refractivity contribution in [3.8, 4) is 0 Å². The summed E-state index contributed by atoms with van der Waals surface area (Å²) in [5.74, 6) is 0.846. The lowest BCUT2D eigenvalue weighted by molar-refractivity contribution is -0.123. The van der Waals surface area contributed by atoms with E-state index in [-0.39, 0.29) is 17.2 Å². The fraction of sp³-hybridized carbons (Fsp3) is 0.500. The largest absolute Gasteiger partial charge is 0.273 e. The highest BCUT2D eigenvalue weighted by Crippen LogP contribution is 2.66. The topological polar surface area (TPSA) is 41.5 Å². The zero-order valence-corrected chi connectivity index (χ0v) is 13.2. The molecule has 0 unspecified atom stereocenters. The Morgan fingerprint density at radius 2 is 2.15 bits per heavy atom. The molecule has 0 aromatic heterocycles. The van der Waals surface area contributed by atoms with Gasteiger partial charge in [-0.15, -0.1) is 0 Å². The number of hydrogen-bond donors (Lipinski definition) is 1. The van der Waals surface area contributed by atoms with Crippen molar-refractivity contribution in [2.45, 2.75) is 32.6 Å². The van der Waals surface area contributed by atoms with Crippen LogP contribution in [0.3, 0.4) is 0 Å². The van der Waals surface area contributed by atoms with Crippen LogP contribution < -0.4 is 5.43 Å². The molecule has 1 N–H and O–H groups in total. The van der Waals surface area contributed by atoms with Crippen molar-refractivity contribution in [3.63, 3.8) is 0 Å². The van der Waals surface area contributed by atoms with Crippen molar-refractivity contribution in [2.75, 3.05) is 0 Å². The Labute approximate surface area is 128 Å². The van der Waals surface area contributed by atoms with E-state index < -0.39 is 0 Å². The van der Waals surface area contributed by atoms with E-state index in [1.807, 2.05) is 24.3 Å². The minimum absolute atomic E-state index is 0.0905. The number of rotatable bonds is 3. The molecule has 4 heteroatoms. The summed E-state index contributed by atoms with van der Waals surface area (Å²) in [6, 6.07) is 7.83. The van der Waals surface area contributed by atoms with Crippen molar-refractivity contribution in [3.05, 3.63) is 34.3 Å². The van der Waals surface area contributed by atoms with E-state index in [2.05, 4.69) is 33.4 Å². The maximum atomic E-state index is 12.2. The first-order chi connectivity index (χ1) is 9.61. The maximum absolute atomic E-state index is 12.2. The molecule has 106 valence electrons. The van der Waals surface area contributed by atoms with Crippen LogP contribution in [0.2, 0.25) is 0 Å². The number of nitrogens with zero attached hydrogens (tertiary/aromatic N) is 1. The first-order valence-electron chi connectivity index (χ1n) is 7.20. The maximum Gasteiger partial charge on any atom is 0.244 e. The number of hydrazone groups is 1. The van der Waals surface area contributed by atoms with Crippen LogP contribution in [0, 0.1) is 17.3 Å². The third kappa shape index (κ3) is 2.53. The molecule has 3 rings (SSSR count). The summed E-state index contributed by atoms with van der Waals surface area (Å²) in [4.78, 5) is 12.2. The zero-order chi connectivity index (χ0) is 14.2. The van der Waals surface area contributed by atoms with E-state index in [0.717, 1.165) is 10.0 Å². The van der Waals surface area contributed by atoms with Gasteiger partial charge in [0.15, 0.2) is 0 Å². The highest BCUT2D eigenvalue weighted by Gasteiger charge is 2.64. The lowest BCUT2D eigenvalue weighted by atomic mass is 9.90. The van der Waals surface area contributed by atoms with Gasteiger partial charge >= 0.3 is 0 Å². The highest BCUT2D eigenvalue weighted by molar-refractivity contribution is 9.10. The first-order valence-corrected chi connectivity index (χ1v) is 7.99. The number of halogens is 1. The van der Waals surface area contributed by atoms with Gasteiger partial charge < -0.3 is 0 Å². The van der Waals surface area contributed by atoms with E-state index >= 15 is 0 Å². The van der Waals surface area contributed by atoms with E-state index in [0.29, 0.717) is 5.92 Å². The Hall–Kier alpha value is -1.16. The molecule has 1 amide bonds. The summed E-state index contributed by atoms with van der Waals surface area (Å²) in [6.45, 7) is 2.25. The summed E-state index contributed by atoms with van der Waals surface area (Å²) in [5, 5.41) is 4.08. The SMILES string of the molecule is C[C@@]12CCCC[C@@H]1[C@@H]2C(=O)N/N=C\c1ccc(Br)cc1. The smallest absolute Gasteiger partial charge is 0.244 e.